The molecule has 1 aliphatic rings. The normalized spacial score (nSPS) is 19.0. The molecule has 1 aliphatic heterocycles. The van der Waals surface area contributed by atoms with Crippen LogP contribution in [-0.2, 0) is 16.6 Å². The van der Waals surface area contributed by atoms with E-state index in [0.717, 1.165) is 37.9 Å². The molecule has 2 rings (SSSR count). The summed E-state index contributed by atoms with van der Waals surface area (Å²) in [7, 11) is -3.21. The highest BCUT2D eigenvalue weighted by Crippen LogP contribution is 2.16. The van der Waals surface area contributed by atoms with Crippen molar-refractivity contribution in [3.05, 3.63) is 29.8 Å². The van der Waals surface area contributed by atoms with Gasteiger partial charge in [-0.25, -0.2) is 8.42 Å². The van der Waals surface area contributed by atoms with Crippen LogP contribution in [-0.4, -0.2) is 38.7 Å². The van der Waals surface area contributed by atoms with Crippen LogP contribution in [0.2, 0.25) is 0 Å². The van der Waals surface area contributed by atoms with Crippen LogP contribution in [0.1, 0.15) is 12.0 Å². The van der Waals surface area contributed by atoms with Crippen molar-refractivity contribution in [2.24, 2.45) is 5.73 Å². The number of likely N-dealkylation sites (tertiary alicyclic amines) is 1. The second-order valence-corrected chi connectivity index (χ2v) is 6.61. The van der Waals surface area contributed by atoms with Gasteiger partial charge in [0.2, 0.25) is 10.0 Å². The minimum atomic E-state index is -3.21. The molecular formula is C12H21Cl2N3O2S. The summed E-state index contributed by atoms with van der Waals surface area (Å²) in [6.07, 6.45) is 2.18. The van der Waals surface area contributed by atoms with E-state index in [-0.39, 0.29) is 30.9 Å². The van der Waals surface area contributed by atoms with Gasteiger partial charge in [-0.05, 0) is 24.1 Å². The second kappa shape index (κ2) is 8.05. The predicted octanol–water partition coefficient (Wildman–Crippen LogP) is 1.43. The van der Waals surface area contributed by atoms with Crippen LogP contribution in [0.4, 0.5) is 5.69 Å². The third-order valence-electron chi connectivity index (χ3n) is 2.95. The molecule has 0 amide bonds. The van der Waals surface area contributed by atoms with Crippen molar-refractivity contribution in [3.63, 3.8) is 0 Å². The van der Waals surface area contributed by atoms with Gasteiger partial charge in [-0.1, -0.05) is 12.1 Å². The number of nitrogens with zero attached hydrogens (tertiary/aromatic N) is 1. The molecule has 0 radical (unpaired) electrons. The maximum Gasteiger partial charge on any atom is 0.229 e. The Labute approximate surface area is 132 Å². The van der Waals surface area contributed by atoms with Crippen LogP contribution in [0.3, 0.4) is 0 Å². The Bertz CT molecular complexity index is 525. The fourth-order valence-electron chi connectivity index (χ4n) is 2.21. The zero-order valence-corrected chi connectivity index (χ0v) is 13.7. The van der Waals surface area contributed by atoms with Gasteiger partial charge < -0.3 is 5.73 Å². The lowest BCUT2D eigenvalue weighted by atomic mass is 10.2. The summed E-state index contributed by atoms with van der Waals surface area (Å²) in [5.41, 5.74) is 7.56. The predicted molar refractivity (Wildman–Crippen MR) is 87.3 cm³/mol. The topological polar surface area (TPSA) is 75.4 Å². The zero-order valence-electron chi connectivity index (χ0n) is 11.3. The first-order chi connectivity index (χ1) is 8.42. The molecule has 0 spiro atoms. The lowest BCUT2D eigenvalue weighted by molar-refractivity contribution is 0.327. The Hall–Kier alpha value is -0.530. The molecule has 0 bridgehead atoms. The Balaban J connectivity index is 0.00000180. The van der Waals surface area contributed by atoms with Crippen LogP contribution in [0, 0.1) is 0 Å². The van der Waals surface area contributed by atoms with Crippen molar-refractivity contribution in [1.82, 2.24) is 4.90 Å². The van der Waals surface area contributed by atoms with Gasteiger partial charge in [-0.3, -0.25) is 9.62 Å². The Morgan fingerprint density at radius 2 is 2.10 bits per heavy atom. The molecule has 0 unspecified atom stereocenters. The largest absolute Gasteiger partial charge is 0.326 e. The molecule has 3 N–H and O–H groups in total. The first-order valence-electron chi connectivity index (χ1n) is 5.97. The highest BCUT2D eigenvalue weighted by Gasteiger charge is 2.18. The number of sulfonamides is 1. The molecule has 1 heterocycles. The quantitative estimate of drug-likeness (QED) is 0.868. The minimum Gasteiger partial charge on any atom is -0.326 e. The number of hydrogen-bond acceptors (Lipinski definition) is 4. The molecule has 1 fully saturated rings. The van der Waals surface area contributed by atoms with E-state index >= 15 is 0 Å². The van der Waals surface area contributed by atoms with Crippen LogP contribution in [0.25, 0.3) is 0 Å². The lowest BCUT2D eigenvalue weighted by Gasteiger charge is -2.15. The summed E-state index contributed by atoms with van der Waals surface area (Å²) >= 11 is 0. The number of benzene rings is 1. The van der Waals surface area contributed by atoms with Gasteiger partial charge in [0.15, 0.2) is 0 Å². The third kappa shape index (κ3) is 6.28. The summed E-state index contributed by atoms with van der Waals surface area (Å²) in [5.74, 6) is 0. The summed E-state index contributed by atoms with van der Waals surface area (Å²) in [5, 5.41) is 0. The molecule has 116 valence electrons. The van der Waals surface area contributed by atoms with E-state index in [4.69, 9.17) is 5.73 Å². The number of halogens is 2. The van der Waals surface area contributed by atoms with Gasteiger partial charge in [-0.2, -0.15) is 0 Å². The number of rotatable bonds is 4. The minimum absolute atomic E-state index is 0. The molecule has 1 aromatic rings. The first kappa shape index (κ1) is 19.5. The number of nitrogens with two attached hydrogens (primary N) is 1. The van der Waals surface area contributed by atoms with E-state index in [9.17, 15) is 8.42 Å². The molecule has 1 saturated heterocycles. The standard InChI is InChI=1S/C12H19N3O2S.2ClH/c1-18(16,17)14-12-4-2-3-10(7-12)8-15-6-5-11(13)9-15;;/h2-4,7,11,14H,5-6,8-9,13H2,1H3;2*1H/t11-;;/m1../s1. The van der Waals surface area contributed by atoms with Crippen LogP contribution in [0.5, 0.6) is 0 Å². The Kier molecular flexibility index (Phi) is 7.83. The van der Waals surface area contributed by atoms with E-state index in [1.165, 1.54) is 0 Å². The van der Waals surface area contributed by atoms with Crippen LogP contribution >= 0.6 is 24.8 Å². The summed E-state index contributed by atoms with van der Waals surface area (Å²) in [6, 6.07) is 7.74. The van der Waals surface area contributed by atoms with Gasteiger partial charge in [0.1, 0.15) is 0 Å². The average Bonchev–Trinajstić information content (AvgIpc) is 2.62. The monoisotopic (exact) mass is 341 g/mol. The number of hydrogen-bond donors (Lipinski definition) is 2. The van der Waals surface area contributed by atoms with Crippen molar-refractivity contribution >= 4 is 40.5 Å². The van der Waals surface area contributed by atoms with Gasteiger partial charge in [-0.15, -0.1) is 24.8 Å². The lowest BCUT2D eigenvalue weighted by Crippen LogP contribution is -2.26. The molecule has 8 heteroatoms. The Morgan fingerprint density at radius 1 is 1.40 bits per heavy atom. The highest BCUT2D eigenvalue weighted by atomic mass is 35.5. The molecular weight excluding hydrogens is 321 g/mol. The smallest absolute Gasteiger partial charge is 0.229 e. The summed E-state index contributed by atoms with van der Waals surface area (Å²) in [4.78, 5) is 2.28. The SMILES string of the molecule is CS(=O)(=O)Nc1cccc(CN2CC[C@@H](N)C2)c1.Cl.Cl. The molecule has 1 aromatic carbocycles. The van der Waals surface area contributed by atoms with E-state index in [1.807, 2.05) is 18.2 Å². The molecule has 5 nitrogen and oxygen atoms in total. The molecule has 20 heavy (non-hydrogen) atoms. The van der Waals surface area contributed by atoms with E-state index in [2.05, 4.69) is 9.62 Å². The highest BCUT2D eigenvalue weighted by molar-refractivity contribution is 7.92. The van der Waals surface area contributed by atoms with E-state index in [1.54, 1.807) is 6.07 Å². The summed E-state index contributed by atoms with van der Waals surface area (Å²) in [6.45, 7) is 2.72. The Morgan fingerprint density at radius 3 is 2.65 bits per heavy atom. The van der Waals surface area contributed by atoms with Gasteiger partial charge >= 0.3 is 0 Å². The van der Waals surface area contributed by atoms with Crippen molar-refractivity contribution in [1.29, 1.82) is 0 Å². The number of nitrogens with one attached hydrogen (secondary N) is 1. The molecule has 0 saturated carbocycles. The maximum absolute atomic E-state index is 11.2. The summed E-state index contributed by atoms with van der Waals surface area (Å²) < 4.78 is 24.8. The zero-order chi connectivity index (χ0) is 13.2. The fraction of sp³-hybridized carbons (Fsp3) is 0.500. The van der Waals surface area contributed by atoms with Gasteiger partial charge in [0.25, 0.3) is 0 Å². The molecule has 0 aliphatic carbocycles. The van der Waals surface area contributed by atoms with Crippen molar-refractivity contribution < 1.29 is 8.42 Å². The third-order valence-corrected chi connectivity index (χ3v) is 3.55. The molecule has 1 atom stereocenters. The first-order valence-corrected chi connectivity index (χ1v) is 7.86. The van der Waals surface area contributed by atoms with Gasteiger partial charge in [0, 0.05) is 31.4 Å². The average molecular weight is 342 g/mol. The second-order valence-electron chi connectivity index (χ2n) is 4.86. The number of anilines is 1. The van der Waals surface area contributed by atoms with Gasteiger partial charge in [0.05, 0.1) is 6.26 Å². The maximum atomic E-state index is 11.2. The van der Waals surface area contributed by atoms with Crippen molar-refractivity contribution in [3.8, 4) is 0 Å². The van der Waals surface area contributed by atoms with Crippen molar-refractivity contribution in [2.75, 3.05) is 24.1 Å². The van der Waals surface area contributed by atoms with Crippen LogP contribution in [0.15, 0.2) is 24.3 Å². The van der Waals surface area contributed by atoms with E-state index < -0.39 is 10.0 Å². The van der Waals surface area contributed by atoms with E-state index in [0.29, 0.717) is 5.69 Å². The fourth-order valence-corrected chi connectivity index (χ4v) is 2.77. The van der Waals surface area contributed by atoms with Crippen molar-refractivity contribution in [2.45, 2.75) is 19.0 Å². The van der Waals surface area contributed by atoms with Crippen LogP contribution < -0.4 is 10.5 Å². The molecule has 0 aromatic heterocycles.